The van der Waals surface area contributed by atoms with Crippen molar-refractivity contribution in [2.45, 2.75) is 32.1 Å². The van der Waals surface area contributed by atoms with Crippen molar-refractivity contribution in [2.24, 2.45) is 11.8 Å². The third-order valence-corrected chi connectivity index (χ3v) is 5.96. The van der Waals surface area contributed by atoms with Crippen molar-refractivity contribution in [3.63, 3.8) is 0 Å². The van der Waals surface area contributed by atoms with E-state index in [2.05, 4.69) is 20.7 Å². The second kappa shape index (κ2) is 5.42. The number of anilines is 2. The minimum atomic E-state index is -2.84. The molecule has 116 valence electrons. The van der Waals surface area contributed by atoms with Crippen LogP contribution in [-0.2, 0) is 9.84 Å². The number of nitrogens with zero attached hydrogens (tertiary/aromatic N) is 2. The van der Waals surface area contributed by atoms with E-state index in [-0.39, 0.29) is 11.7 Å². The summed E-state index contributed by atoms with van der Waals surface area (Å²) in [6.45, 7) is 2.52. The molecule has 1 aromatic heterocycles. The van der Waals surface area contributed by atoms with Crippen LogP contribution in [0.25, 0.3) is 0 Å². The fraction of sp³-hybridized carbons (Fsp3) is 0.692. The molecule has 0 radical (unpaired) electrons. The lowest BCUT2D eigenvalue weighted by Gasteiger charge is -2.15. The second-order valence-corrected chi connectivity index (χ2v) is 8.20. The molecule has 2 fully saturated rings. The number of sulfone groups is 1. The van der Waals surface area contributed by atoms with Crippen molar-refractivity contribution in [2.75, 3.05) is 28.8 Å². The van der Waals surface area contributed by atoms with Crippen LogP contribution in [0, 0.1) is 12.8 Å². The van der Waals surface area contributed by atoms with E-state index < -0.39 is 9.84 Å². The van der Waals surface area contributed by atoms with Gasteiger partial charge in [-0.15, -0.1) is 0 Å². The Labute approximate surface area is 124 Å². The Morgan fingerprint density at radius 3 is 2.52 bits per heavy atom. The molecule has 1 aliphatic carbocycles. The van der Waals surface area contributed by atoms with Crippen LogP contribution in [0.15, 0.2) is 0 Å². The molecule has 2 heterocycles. The molecular weight excluding hydrogens is 290 g/mol. The fourth-order valence-corrected chi connectivity index (χ4v) is 4.51. The van der Waals surface area contributed by atoms with Crippen molar-refractivity contribution in [3.8, 4) is 0 Å². The van der Waals surface area contributed by atoms with Gasteiger partial charge < -0.3 is 10.7 Å². The highest BCUT2D eigenvalue weighted by Crippen LogP contribution is 2.39. The molecule has 1 atom stereocenters. The van der Waals surface area contributed by atoms with Crippen LogP contribution in [0.4, 0.5) is 11.6 Å². The highest BCUT2D eigenvalue weighted by Gasteiger charge is 2.30. The average Bonchev–Trinajstić information content (AvgIpc) is 3.22. The average molecular weight is 311 g/mol. The summed E-state index contributed by atoms with van der Waals surface area (Å²) in [7, 11) is -2.84. The Morgan fingerprint density at radius 1 is 1.24 bits per heavy atom. The maximum Gasteiger partial charge on any atom is 0.150 e. The maximum atomic E-state index is 11.5. The summed E-state index contributed by atoms with van der Waals surface area (Å²) >= 11 is 0. The molecule has 3 rings (SSSR count). The van der Waals surface area contributed by atoms with E-state index >= 15 is 0 Å². The Bertz CT molecular complexity index is 642. The molecule has 0 aromatic carbocycles. The van der Waals surface area contributed by atoms with Gasteiger partial charge in [0.2, 0.25) is 0 Å². The zero-order valence-electron chi connectivity index (χ0n) is 12.1. The first kappa shape index (κ1) is 14.5. The lowest BCUT2D eigenvalue weighted by atomic mass is 10.1. The van der Waals surface area contributed by atoms with Gasteiger partial charge in [0, 0.05) is 18.0 Å². The van der Waals surface area contributed by atoms with Gasteiger partial charge in [-0.1, -0.05) is 0 Å². The highest BCUT2D eigenvalue weighted by atomic mass is 32.2. The summed E-state index contributed by atoms with van der Waals surface area (Å²) in [6, 6.07) is 0. The van der Waals surface area contributed by atoms with Gasteiger partial charge in [0.15, 0.2) is 9.84 Å². The molecular formula is C13H21N5O2S. The first-order chi connectivity index (χ1) is 9.98. The van der Waals surface area contributed by atoms with E-state index in [1.165, 1.54) is 0 Å². The Kier molecular flexibility index (Phi) is 3.75. The number of hydrogen-bond donors (Lipinski definition) is 3. The lowest BCUT2D eigenvalue weighted by Crippen LogP contribution is -2.19. The summed E-state index contributed by atoms with van der Waals surface area (Å²) in [5, 5.41) is 3.28. The van der Waals surface area contributed by atoms with Gasteiger partial charge in [0.1, 0.15) is 17.5 Å². The van der Waals surface area contributed by atoms with Crippen LogP contribution in [0.1, 0.15) is 36.6 Å². The van der Waals surface area contributed by atoms with Gasteiger partial charge in [-0.25, -0.2) is 24.2 Å². The number of nitrogens with one attached hydrogen (secondary N) is 2. The van der Waals surface area contributed by atoms with E-state index in [0.29, 0.717) is 24.0 Å². The molecule has 1 aliphatic heterocycles. The van der Waals surface area contributed by atoms with Gasteiger partial charge in [0.05, 0.1) is 11.5 Å². The van der Waals surface area contributed by atoms with Gasteiger partial charge in [-0.3, -0.25) is 0 Å². The summed E-state index contributed by atoms with van der Waals surface area (Å²) in [5.74, 6) is 8.87. The second-order valence-electron chi connectivity index (χ2n) is 5.97. The summed E-state index contributed by atoms with van der Waals surface area (Å²) in [4.78, 5) is 9.01. The van der Waals surface area contributed by atoms with Gasteiger partial charge in [-0.2, -0.15) is 0 Å². The molecule has 1 aromatic rings. The number of nitrogens with two attached hydrogens (primary N) is 1. The molecule has 21 heavy (non-hydrogen) atoms. The predicted molar refractivity (Wildman–Crippen MR) is 81.8 cm³/mol. The number of aromatic nitrogens is 2. The van der Waals surface area contributed by atoms with Gasteiger partial charge >= 0.3 is 0 Å². The minimum absolute atomic E-state index is 0.156. The highest BCUT2D eigenvalue weighted by molar-refractivity contribution is 7.91. The Balaban J connectivity index is 1.73. The van der Waals surface area contributed by atoms with Crippen molar-refractivity contribution >= 4 is 21.5 Å². The van der Waals surface area contributed by atoms with Crippen molar-refractivity contribution in [1.29, 1.82) is 0 Å². The quantitative estimate of drug-likeness (QED) is 0.545. The predicted octanol–water partition coefficient (Wildman–Crippen LogP) is 0.795. The van der Waals surface area contributed by atoms with Crippen LogP contribution in [0.3, 0.4) is 0 Å². The smallest absolute Gasteiger partial charge is 0.150 e. The van der Waals surface area contributed by atoms with Gasteiger partial charge in [0.25, 0.3) is 0 Å². The third-order valence-electron chi connectivity index (χ3n) is 4.13. The van der Waals surface area contributed by atoms with Crippen LogP contribution in [0.2, 0.25) is 0 Å². The van der Waals surface area contributed by atoms with E-state index in [1.54, 1.807) is 0 Å². The van der Waals surface area contributed by atoms with Crippen molar-refractivity contribution < 1.29 is 8.42 Å². The fourth-order valence-electron chi connectivity index (χ4n) is 2.64. The summed E-state index contributed by atoms with van der Waals surface area (Å²) in [5.41, 5.74) is 3.48. The van der Waals surface area contributed by atoms with Crippen LogP contribution in [-0.4, -0.2) is 36.4 Å². The molecule has 4 N–H and O–H groups in total. The normalized spacial score (nSPS) is 24.0. The molecule has 1 unspecified atom stereocenters. The van der Waals surface area contributed by atoms with Crippen molar-refractivity contribution in [1.82, 2.24) is 9.97 Å². The number of rotatable bonds is 5. The summed E-state index contributed by atoms with van der Waals surface area (Å²) < 4.78 is 23.0. The first-order valence-electron chi connectivity index (χ1n) is 7.28. The number of hydrazine groups is 1. The van der Waals surface area contributed by atoms with E-state index in [1.807, 2.05) is 6.92 Å². The lowest BCUT2D eigenvalue weighted by molar-refractivity contribution is 0.595. The molecule has 0 spiro atoms. The van der Waals surface area contributed by atoms with Crippen molar-refractivity contribution in [3.05, 3.63) is 11.4 Å². The number of hydrogen-bond acceptors (Lipinski definition) is 7. The maximum absolute atomic E-state index is 11.5. The molecule has 2 aliphatic rings. The van der Waals surface area contributed by atoms with Gasteiger partial charge in [-0.05, 0) is 32.1 Å². The topological polar surface area (TPSA) is 110 Å². The largest absolute Gasteiger partial charge is 0.369 e. The standard InChI is InChI=1S/C13H21N5O2S/c1-8-11(15-6-9-4-5-21(19,20)7-9)16-13(10-2-3-10)17-12(8)18-14/h9-10H,2-7,14H2,1H3,(H2,15,16,17,18). The molecule has 1 saturated heterocycles. The van der Waals surface area contributed by atoms with Crippen LogP contribution >= 0.6 is 0 Å². The third kappa shape index (κ3) is 3.26. The molecule has 1 saturated carbocycles. The monoisotopic (exact) mass is 311 g/mol. The van der Waals surface area contributed by atoms with E-state index in [4.69, 9.17) is 5.84 Å². The molecule has 8 heteroatoms. The van der Waals surface area contributed by atoms with E-state index in [9.17, 15) is 8.42 Å². The Hall–Kier alpha value is -1.41. The molecule has 0 amide bonds. The minimum Gasteiger partial charge on any atom is -0.369 e. The molecule has 0 bridgehead atoms. The molecule has 7 nitrogen and oxygen atoms in total. The Morgan fingerprint density at radius 2 is 1.95 bits per heavy atom. The van der Waals surface area contributed by atoms with Crippen LogP contribution in [0.5, 0.6) is 0 Å². The van der Waals surface area contributed by atoms with Crippen LogP contribution < -0.4 is 16.6 Å². The zero-order chi connectivity index (χ0) is 15.0. The SMILES string of the molecule is Cc1c(NN)nc(C2CC2)nc1NCC1CCS(=O)(=O)C1. The number of nitrogen functional groups attached to an aromatic ring is 1. The first-order valence-corrected chi connectivity index (χ1v) is 9.10. The zero-order valence-corrected chi connectivity index (χ0v) is 12.9. The van der Waals surface area contributed by atoms with E-state index in [0.717, 1.165) is 36.5 Å². The summed E-state index contributed by atoms with van der Waals surface area (Å²) in [6.07, 6.45) is 2.96.